The van der Waals surface area contributed by atoms with Gasteiger partial charge in [0, 0.05) is 26.2 Å². The monoisotopic (exact) mass is 421 g/mol. The number of likely N-dealkylation sites (tertiary alicyclic amines) is 1. The van der Waals surface area contributed by atoms with Gasteiger partial charge in [0.25, 0.3) is 0 Å². The lowest BCUT2D eigenvalue weighted by molar-refractivity contribution is -0.125. The third kappa shape index (κ3) is 7.44. The van der Waals surface area contributed by atoms with Crippen LogP contribution < -0.4 is 10.6 Å². The molecule has 0 aromatic rings. The highest BCUT2D eigenvalue weighted by molar-refractivity contribution is 5.87. The molecule has 2 aliphatic heterocycles. The summed E-state index contributed by atoms with van der Waals surface area (Å²) in [5.74, 6) is -0.258. The number of nitrogens with one attached hydrogen (secondary N) is 2. The van der Waals surface area contributed by atoms with Gasteiger partial charge < -0.3 is 25.2 Å². The van der Waals surface area contributed by atoms with Crippen molar-refractivity contribution in [3.8, 4) is 6.07 Å². The third-order valence-corrected chi connectivity index (χ3v) is 5.92. The molecule has 0 aliphatic carbocycles. The summed E-state index contributed by atoms with van der Waals surface area (Å²) >= 11 is 0. The van der Waals surface area contributed by atoms with Crippen LogP contribution in [0.4, 0.5) is 4.79 Å². The fourth-order valence-electron chi connectivity index (χ4n) is 3.92. The van der Waals surface area contributed by atoms with E-state index in [1.165, 1.54) is 0 Å². The number of rotatable bonds is 7. The fourth-order valence-corrected chi connectivity index (χ4v) is 3.92. The van der Waals surface area contributed by atoms with Crippen LogP contribution in [0.3, 0.4) is 0 Å². The van der Waals surface area contributed by atoms with Crippen molar-refractivity contribution in [2.45, 2.75) is 71.4 Å². The number of urea groups is 1. The zero-order valence-corrected chi connectivity index (χ0v) is 19.1. The molecule has 8 heteroatoms. The maximum atomic E-state index is 13.2. The predicted octanol–water partition coefficient (Wildman–Crippen LogP) is 2.11. The van der Waals surface area contributed by atoms with Gasteiger partial charge >= 0.3 is 6.03 Å². The summed E-state index contributed by atoms with van der Waals surface area (Å²) in [5.41, 5.74) is -0.814. The van der Waals surface area contributed by atoms with Crippen molar-refractivity contribution in [2.24, 2.45) is 5.41 Å². The first-order chi connectivity index (χ1) is 14.2. The molecule has 2 fully saturated rings. The second-order valence-corrected chi connectivity index (χ2v) is 9.73. The molecule has 1 unspecified atom stereocenters. The fraction of sp³-hybridized carbons (Fsp3) is 0.864. The molecule has 0 spiro atoms. The minimum Gasteiger partial charge on any atom is -0.378 e. The maximum absolute atomic E-state index is 13.2. The molecule has 0 saturated carbocycles. The lowest BCUT2D eigenvalue weighted by Crippen LogP contribution is -2.60. The van der Waals surface area contributed by atoms with E-state index in [0.29, 0.717) is 45.6 Å². The summed E-state index contributed by atoms with van der Waals surface area (Å²) in [6, 6.07) is 1.46. The van der Waals surface area contributed by atoms with E-state index < -0.39 is 11.6 Å². The molecule has 30 heavy (non-hydrogen) atoms. The summed E-state index contributed by atoms with van der Waals surface area (Å²) in [5, 5.41) is 15.8. The lowest BCUT2D eigenvalue weighted by atomic mass is 9.86. The highest BCUT2D eigenvalue weighted by atomic mass is 16.5. The second-order valence-electron chi connectivity index (χ2n) is 9.73. The Kier molecular flexibility index (Phi) is 8.92. The van der Waals surface area contributed by atoms with Crippen LogP contribution in [0, 0.1) is 16.7 Å². The molecule has 3 amide bonds. The van der Waals surface area contributed by atoms with Crippen LogP contribution in [0.25, 0.3) is 0 Å². The minimum atomic E-state index is -0.856. The van der Waals surface area contributed by atoms with Crippen molar-refractivity contribution in [2.75, 3.05) is 45.9 Å². The number of ether oxygens (including phenoxy) is 1. The average molecular weight is 422 g/mol. The molecule has 0 bridgehead atoms. The van der Waals surface area contributed by atoms with Crippen LogP contribution in [-0.4, -0.2) is 79.3 Å². The van der Waals surface area contributed by atoms with Gasteiger partial charge in [-0.25, -0.2) is 4.79 Å². The van der Waals surface area contributed by atoms with Crippen LogP contribution in [0.5, 0.6) is 0 Å². The van der Waals surface area contributed by atoms with Gasteiger partial charge in [-0.2, -0.15) is 5.26 Å². The predicted molar refractivity (Wildman–Crippen MR) is 116 cm³/mol. The Bertz CT molecular complexity index is 611. The molecule has 8 nitrogen and oxygen atoms in total. The number of carbonyl (C=O) groups excluding carboxylic acids is 2. The molecule has 2 aliphatic rings. The molecule has 0 aromatic carbocycles. The van der Waals surface area contributed by atoms with Crippen LogP contribution in [-0.2, 0) is 9.53 Å². The van der Waals surface area contributed by atoms with Crippen molar-refractivity contribution < 1.29 is 14.3 Å². The zero-order valence-electron chi connectivity index (χ0n) is 19.1. The molecule has 0 radical (unpaired) electrons. The smallest absolute Gasteiger partial charge is 0.318 e. The maximum Gasteiger partial charge on any atom is 0.318 e. The van der Waals surface area contributed by atoms with E-state index in [1.807, 2.05) is 0 Å². The molecule has 2 heterocycles. The Balaban J connectivity index is 2.03. The average Bonchev–Trinajstić information content (AvgIpc) is 2.72. The largest absolute Gasteiger partial charge is 0.378 e. The lowest BCUT2D eigenvalue weighted by Gasteiger charge is -2.38. The van der Waals surface area contributed by atoms with Crippen molar-refractivity contribution in [1.29, 1.82) is 5.26 Å². The Morgan fingerprint density at radius 1 is 1.17 bits per heavy atom. The van der Waals surface area contributed by atoms with Gasteiger partial charge in [-0.3, -0.25) is 4.79 Å². The molecule has 2 rings (SSSR count). The number of nitrogens with zero attached hydrogens (tertiary/aromatic N) is 3. The first-order valence-corrected chi connectivity index (χ1v) is 11.3. The van der Waals surface area contributed by atoms with Crippen LogP contribution in [0.1, 0.15) is 59.8 Å². The number of morpholine rings is 1. The van der Waals surface area contributed by atoms with Crippen molar-refractivity contribution in [3.05, 3.63) is 0 Å². The molecular formula is C22H39N5O3. The SMILES string of the molecule is CCCN1CCC(C#N)(NC(=O)C(CCC(C)(C)C)NC(=O)N2CCOCC2)CC1. The summed E-state index contributed by atoms with van der Waals surface area (Å²) in [7, 11) is 0. The van der Waals surface area contributed by atoms with Gasteiger partial charge in [0.2, 0.25) is 5.91 Å². The highest BCUT2D eigenvalue weighted by Gasteiger charge is 2.38. The quantitative estimate of drug-likeness (QED) is 0.656. The number of amides is 3. The van der Waals surface area contributed by atoms with Crippen LogP contribution in [0.2, 0.25) is 0 Å². The van der Waals surface area contributed by atoms with Gasteiger partial charge in [0.15, 0.2) is 0 Å². The summed E-state index contributed by atoms with van der Waals surface area (Å²) in [6.07, 6.45) is 3.62. The van der Waals surface area contributed by atoms with E-state index in [2.05, 4.69) is 49.3 Å². The van der Waals surface area contributed by atoms with E-state index in [4.69, 9.17) is 4.74 Å². The summed E-state index contributed by atoms with van der Waals surface area (Å²) in [6.45, 7) is 13.2. The van der Waals surface area contributed by atoms with Crippen LogP contribution >= 0.6 is 0 Å². The van der Waals surface area contributed by atoms with E-state index in [-0.39, 0.29) is 17.4 Å². The Morgan fingerprint density at radius 3 is 2.33 bits per heavy atom. The van der Waals surface area contributed by atoms with Gasteiger partial charge in [-0.15, -0.1) is 0 Å². The number of nitriles is 1. The van der Waals surface area contributed by atoms with Gasteiger partial charge in [-0.1, -0.05) is 27.7 Å². The van der Waals surface area contributed by atoms with Crippen LogP contribution in [0.15, 0.2) is 0 Å². The Labute approximate surface area is 181 Å². The first-order valence-electron chi connectivity index (χ1n) is 11.3. The van der Waals surface area contributed by atoms with Gasteiger partial charge in [0.1, 0.15) is 11.6 Å². The minimum absolute atomic E-state index is 0.0423. The molecule has 1 atom stereocenters. The summed E-state index contributed by atoms with van der Waals surface area (Å²) in [4.78, 5) is 29.9. The molecular weight excluding hydrogens is 382 g/mol. The van der Waals surface area contributed by atoms with Crippen molar-refractivity contribution in [3.63, 3.8) is 0 Å². The molecule has 0 aromatic heterocycles. The first kappa shape index (κ1) is 24.4. The second kappa shape index (κ2) is 11.0. The Hall–Kier alpha value is -1.85. The van der Waals surface area contributed by atoms with E-state index >= 15 is 0 Å². The van der Waals surface area contributed by atoms with Crippen molar-refractivity contribution in [1.82, 2.24) is 20.4 Å². The van der Waals surface area contributed by atoms with Crippen molar-refractivity contribution >= 4 is 11.9 Å². The molecule has 2 N–H and O–H groups in total. The van der Waals surface area contributed by atoms with Gasteiger partial charge in [0.05, 0.1) is 19.3 Å². The topological polar surface area (TPSA) is 97.7 Å². The number of hydrogen-bond donors (Lipinski definition) is 2. The standard InChI is InChI=1S/C22H39N5O3/c1-5-10-26-11-8-22(17-23,9-12-26)25-19(28)18(6-7-21(2,3)4)24-20(29)27-13-15-30-16-14-27/h18H,5-16H2,1-4H3,(H,24,29)(H,25,28). The number of hydrogen-bond acceptors (Lipinski definition) is 5. The van der Waals surface area contributed by atoms with E-state index in [0.717, 1.165) is 32.5 Å². The Morgan fingerprint density at radius 2 is 1.80 bits per heavy atom. The highest BCUT2D eigenvalue weighted by Crippen LogP contribution is 2.24. The van der Waals surface area contributed by atoms with Gasteiger partial charge in [-0.05, 0) is 44.1 Å². The summed E-state index contributed by atoms with van der Waals surface area (Å²) < 4.78 is 5.31. The number of carbonyl (C=O) groups is 2. The van der Waals surface area contributed by atoms with E-state index in [1.54, 1.807) is 4.90 Å². The molecule has 170 valence electrons. The zero-order chi connectivity index (χ0) is 22.2. The number of piperidine rings is 1. The van der Waals surface area contributed by atoms with E-state index in [9.17, 15) is 14.9 Å². The molecule has 2 saturated heterocycles. The third-order valence-electron chi connectivity index (χ3n) is 5.92. The normalized spacial score (nSPS) is 20.8.